The van der Waals surface area contributed by atoms with Crippen molar-refractivity contribution < 1.29 is 19.4 Å². The van der Waals surface area contributed by atoms with Gasteiger partial charge in [0.05, 0.1) is 16.3 Å². The van der Waals surface area contributed by atoms with E-state index in [9.17, 15) is 14.7 Å². The van der Waals surface area contributed by atoms with Gasteiger partial charge in [0.2, 0.25) is 0 Å². The molecule has 8 nitrogen and oxygen atoms in total. The summed E-state index contributed by atoms with van der Waals surface area (Å²) in [6, 6.07) is 23.1. The van der Waals surface area contributed by atoms with E-state index < -0.39 is 5.97 Å². The number of amides is 1. The minimum atomic E-state index is -1.09. The fourth-order valence-electron chi connectivity index (χ4n) is 6.48. The maximum absolute atomic E-state index is 13.5. The molecular weight excluding hydrogens is 584 g/mol. The van der Waals surface area contributed by atoms with Crippen LogP contribution >= 0.6 is 11.3 Å². The number of hydrogen-bond donors (Lipinski definition) is 2. The van der Waals surface area contributed by atoms with Gasteiger partial charge < -0.3 is 14.7 Å². The van der Waals surface area contributed by atoms with Crippen molar-refractivity contribution in [2.75, 3.05) is 16.8 Å². The van der Waals surface area contributed by atoms with Crippen LogP contribution in [-0.2, 0) is 13.0 Å². The number of carbonyl (C=O) groups is 2. The van der Waals surface area contributed by atoms with Crippen LogP contribution in [-0.4, -0.2) is 39.6 Å². The lowest BCUT2D eigenvalue weighted by Gasteiger charge is -2.31. The summed E-state index contributed by atoms with van der Waals surface area (Å²) in [6.07, 6.45) is 6.60. The Bertz CT molecular complexity index is 1880. The second kappa shape index (κ2) is 12.3. The third-order valence-corrected chi connectivity index (χ3v) is 9.81. The minimum Gasteiger partial charge on any atom is -0.490 e. The highest BCUT2D eigenvalue weighted by atomic mass is 32.1. The van der Waals surface area contributed by atoms with E-state index in [1.165, 1.54) is 30.6 Å². The van der Waals surface area contributed by atoms with Crippen LogP contribution < -0.4 is 15.0 Å². The molecule has 0 spiro atoms. The SMILES string of the molecule is Cc1c(OC2CCCCC2)cccc1-c1ccc(N2CCc3cccc(C(=O)Nc4nc5ccccc5s4)c3C2)nc1C(=O)O. The molecule has 2 N–H and O–H groups in total. The molecular formula is C36H34N4O4S. The number of pyridine rings is 1. The number of carboxylic acids is 1. The molecule has 0 radical (unpaired) electrons. The lowest BCUT2D eigenvalue weighted by atomic mass is 9.94. The van der Waals surface area contributed by atoms with Gasteiger partial charge in [0.25, 0.3) is 5.91 Å². The number of aromatic carboxylic acids is 1. The van der Waals surface area contributed by atoms with Gasteiger partial charge in [0.1, 0.15) is 11.6 Å². The summed E-state index contributed by atoms with van der Waals surface area (Å²) < 4.78 is 7.38. The van der Waals surface area contributed by atoms with Crippen LogP contribution in [0.3, 0.4) is 0 Å². The molecule has 1 aliphatic carbocycles. The largest absolute Gasteiger partial charge is 0.490 e. The quantitative estimate of drug-likeness (QED) is 0.191. The summed E-state index contributed by atoms with van der Waals surface area (Å²) >= 11 is 1.44. The maximum Gasteiger partial charge on any atom is 0.355 e. The normalized spacial score (nSPS) is 15.1. The van der Waals surface area contributed by atoms with E-state index in [1.54, 1.807) is 0 Å². The minimum absolute atomic E-state index is 0.00178. The van der Waals surface area contributed by atoms with Crippen LogP contribution in [0.25, 0.3) is 21.3 Å². The molecule has 1 fully saturated rings. The molecule has 0 saturated heterocycles. The summed E-state index contributed by atoms with van der Waals surface area (Å²) in [6.45, 7) is 3.08. The molecule has 9 heteroatoms. The number of anilines is 2. The molecule has 5 aromatic rings. The molecule has 0 bridgehead atoms. The van der Waals surface area contributed by atoms with Crippen LogP contribution in [0.1, 0.15) is 69.6 Å². The number of hydrogen-bond acceptors (Lipinski definition) is 7. The zero-order chi connectivity index (χ0) is 30.9. The average molecular weight is 619 g/mol. The predicted octanol–water partition coefficient (Wildman–Crippen LogP) is 7.89. The number of nitrogens with zero attached hydrogens (tertiary/aromatic N) is 3. The van der Waals surface area contributed by atoms with Crippen LogP contribution in [0.2, 0.25) is 0 Å². The molecule has 7 rings (SSSR count). The number of ether oxygens (including phenoxy) is 1. The molecule has 228 valence electrons. The Hall–Kier alpha value is -4.76. The molecule has 1 saturated carbocycles. The molecule has 1 amide bonds. The molecule has 3 aromatic carbocycles. The topological polar surface area (TPSA) is 105 Å². The average Bonchev–Trinajstić information content (AvgIpc) is 3.48. The van der Waals surface area contributed by atoms with Crippen molar-refractivity contribution in [2.24, 2.45) is 0 Å². The van der Waals surface area contributed by atoms with Gasteiger partial charge in [0.15, 0.2) is 10.8 Å². The van der Waals surface area contributed by atoms with Gasteiger partial charge in [0, 0.05) is 24.2 Å². The third kappa shape index (κ3) is 5.88. The lowest BCUT2D eigenvalue weighted by molar-refractivity contribution is 0.0691. The van der Waals surface area contributed by atoms with E-state index in [0.29, 0.717) is 41.6 Å². The number of aromatic nitrogens is 2. The first-order valence-corrected chi connectivity index (χ1v) is 16.3. The number of thiazole rings is 1. The van der Waals surface area contributed by atoms with E-state index in [-0.39, 0.29) is 17.7 Å². The number of carboxylic acid groups (broad SMARTS) is 1. The highest BCUT2D eigenvalue weighted by molar-refractivity contribution is 7.22. The highest BCUT2D eigenvalue weighted by Crippen LogP contribution is 2.36. The van der Waals surface area contributed by atoms with Gasteiger partial charge in [-0.05, 0) is 97.7 Å². The Balaban J connectivity index is 1.15. The first kappa shape index (κ1) is 29.0. The van der Waals surface area contributed by atoms with Crippen molar-refractivity contribution in [3.05, 3.63) is 101 Å². The van der Waals surface area contributed by atoms with Crippen LogP contribution in [0.5, 0.6) is 5.75 Å². The molecule has 0 atom stereocenters. The Morgan fingerprint density at radius 2 is 1.76 bits per heavy atom. The van der Waals surface area contributed by atoms with Crippen molar-refractivity contribution in [1.29, 1.82) is 0 Å². The van der Waals surface area contributed by atoms with Crippen molar-refractivity contribution in [2.45, 2.75) is 58.1 Å². The summed E-state index contributed by atoms with van der Waals surface area (Å²) in [5.41, 5.74) is 5.72. The summed E-state index contributed by atoms with van der Waals surface area (Å²) in [5.74, 6) is 0.0609. The monoisotopic (exact) mass is 618 g/mol. The highest BCUT2D eigenvalue weighted by Gasteiger charge is 2.26. The van der Waals surface area contributed by atoms with Gasteiger partial charge in [-0.25, -0.2) is 14.8 Å². The second-order valence-corrected chi connectivity index (χ2v) is 12.8. The fourth-order valence-corrected chi connectivity index (χ4v) is 7.34. The molecule has 0 unspecified atom stereocenters. The van der Waals surface area contributed by atoms with Gasteiger partial charge in [-0.3, -0.25) is 10.1 Å². The lowest BCUT2D eigenvalue weighted by Crippen LogP contribution is -2.33. The van der Waals surface area contributed by atoms with Crippen molar-refractivity contribution in [3.8, 4) is 16.9 Å². The second-order valence-electron chi connectivity index (χ2n) is 11.7. The van der Waals surface area contributed by atoms with E-state index >= 15 is 0 Å². The van der Waals surface area contributed by atoms with Crippen LogP contribution in [0.15, 0.2) is 72.8 Å². The molecule has 2 aliphatic rings. The molecule has 45 heavy (non-hydrogen) atoms. The van der Waals surface area contributed by atoms with E-state index in [0.717, 1.165) is 51.1 Å². The van der Waals surface area contributed by atoms with E-state index in [4.69, 9.17) is 4.74 Å². The van der Waals surface area contributed by atoms with Crippen LogP contribution in [0, 0.1) is 6.92 Å². The zero-order valence-corrected chi connectivity index (χ0v) is 25.9. The summed E-state index contributed by atoms with van der Waals surface area (Å²) in [5, 5.41) is 13.8. The first-order valence-electron chi connectivity index (χ1n) is 15.5. The first-order chi connectivity index (χ1) is 21.9. The van der Waals surface area contributed by atoms with E-state index in [2.05, 4.69) is 15.3 Å². The van der Waals surface area contributed by atoms with Crippen molar-refractivity contribution in [1.82, 2.24) is 9.97 Å². The standard InChI is InChI=1S/C36H34N4O4S/c1-22-25(12-8-15-30(22)44-24-10-3-2-4-11-24)26-17-18-32(38-33(26)35(42)43)40-20-19-23-9-7-13-27(28(23)21-40)34(41)39-36-37-29-14-5-6-16-31(29)45-36/h5-9,12-18,24H,2-4,10-11,19-21H2,1H3,(H,42,43)(H,37,39,41). The van der Waals surface area contributed by atoms with Gasteiger partial charge in [-0.2, -0.15) is 0 Å². The number of nitrogens with one attached hydrogen (secondary N) is 1. The molecule has 3 heterocycles. The Morgan fingerprint density at radius 1 is 0.933 bits per heavy atom. The van der Waals surface area contributed by atoms with Crippen molar-refractivity contribution in [3.63, 3.8) is 0 Å². The zero-order valence-electron chi connectivity index (χ0n) is 25.1. The van der Waals surface area contributed by atoms with Gasteiger partial charge >= 0.3 is 5.97 Å². The Kier molecular flexibility index (Phi) is 7.94. The van der Waals surface area contributed by atoms with Gasteiger partial charge in [-0.15, -0.1) is 0 Å². The number of carbonyl (C=O) groups excluding carboxylic acids is 1. The van der Waals surface area contributed by atoms with Crippen molar-refractivity contribution >= 4 is 44.4 Å². The number of fused-ring (bicyclic) bond motifs is 2. The van der Waals surface area contributed by atoms with Crippen LogP contribution in [0.4, 0.5) is 10.9 Å². The number of benzene rings is 3. The van der Waals surface area contributed by atoms with Gasteiger partial charge in [-0.1, -0.05) is 54.2 Å². The number of para-hydroxylation sites is 1. The Morgan fingerprint density at radius 3 is 2.58 bits per heavy atom. The number of rotatable bonds is 7. The third-order valence-electron chi connectivity index (χ3n) is 8.86. The Labute approximate surface area is 265 Å². The maximum atomic E-state index is 13.5. The summed E-state index contributed by atoms with van der Waals surface area (Å²) in [7, 11) is 0. The summed E-state index contributed by atoms with van der Waals surface area (Å²) in [4.78, 5) is 37.3. The van der Waals surface area contributed by atoms with E-state index in [1.807, 2.05) is 84.6 Å². The fraction of sp³-hybridized carbons (Fsp3) is 0.278. The smallest absolute Gasteiger partial charge is 0.355 e. The molecule has 1 aliphatic heterocycles. The molecule has 2 aromatic heterocycles. The predicted molar refractivity (Wildman–Crippen MR) is 178 cm³/mol.